The van der Waals surface area contributed by atoms with E-state index in [1.54, 1.807) is 0 Å². The van der Waals surface area contributed by atoms with Crippen molar-refractivity contribution in [2.45, 2.75) is 24.4 Å². The Kier molecular flexibility index (Phi) is 5.43. The van der Waals surface area contributed by atoms with E-state index in [9.17, 15) is 4.79 Å². The fourth-order valence-electron chi connectivity index (χ4n) is 0.618. The molecule has 0 aromatic heterocycles. The number of aldehydes is 1. The average molecular weight is 196 g/mol. The lowest BCUT2D eigenvalue weighted by Crippen LogP contribution is -2.45. The molecule has 0 heterocycles. The molecule has 0 aromatic rings. The highest BCUT2D eigenvalue weighted by atomic mass is 32.1. The second kappa shape index (κ2) is 5.50. The minimum absolute atomic E-state index is 0.0657. The summed E-state index contributed by atoms with van der Waals surface area (Å²) in [4.78, 5) is 9.94. The van der Waals surface area contributed by atoms with Crippen LogP contribution in [0.2, 0.25) is 0 Å². The maximum atomic E-state index is 9.94. The molecule has 0 aliphatic rings. The lowest BCUT2D eigenvalue weighted by molar-refractivity contribution is -0.132. The number of carbonyl (C=O) groups is 1. The Morgan fingerprint density at radius 3 is 2.00 bits per heavy atom. The van der Waals surface area contributed by atoms with Gasteiger partial charge < -0.3 is 25.2 Å². The number of thiol groups is 1. The molecular formula is C6H12O5S. The highest BCUT2D eigenvalue weighted by molar-refractivity contribution is 7.80. The van der Waals surface area contributed by atoms with Gasteiger partial charge in [0.2, 0.25) is 0 Å². The molecule has 0 unspecified atom stereocenters. The summed E-state index contributed by atoms with van der Waals surface area (Å²) in [5.41, 5.74) is 0. The Balaban J connectivity index is 4.07. The van der Waals surface area contributed by atoms with Crippen LogP contribution < -0.4 is 0 Å². The zero-order valence-corrected chi connectivity index (χ0v) is 7.13. The number of aliphatic hydroxyl groups is 4. The molecule has 0 saturated carbocycles. The van der Waals surface area contributed by atoms with Crippen LogP contribution in [0.4, 0.5) is 0 Å². The van der Waals surface area contributed by atoms with Crippen LogP contribution >= 0.6 is 12.6 Å². The van der Waals surface area contributed by atoms with E-state index in [0.29, 0.717) is 0 Å². The van der Waals surface area contributed by atoms with Gasteiger partial charge in [-0.1, -0.05) is 0 Å². The van der Waals surface area contributed by atoms with Gasteiger partial charge >= 0.3 is 0 Å². The van der Waals surface area contributed by atoms with Gasteiger partial charge in [0, 0.05) is 5.75 Å². The molecule has 0 aliphatic carbocycles. The molecule has 6 heteroatoms. The third kappa shape index (κ3) is 3.08. The van der Waals surface area contributed by atoms with Crippen molar-refractivity contribution < 1.29 is 25.2 Å². The third-order valence-corrected chi connectivity index (χ3v) is 1.79. The van der Waals surface area contributed by atoms with E-state index in [4.69, 9.17) is 20.4 Å². The largest absolute Gasteiger partial charge is 0.389 e. The van der Waals surface area contributed by atoms with Crippen LogP contribution in [0, 0.1) is 0 Å². The van der Waals surface area contributed by atoms with Crippen LogP contribution in [0.15, 0.2) is 0 Å². The van der Waals surface area contributed by atoms with Gasteiger partial charge in [-0.05, 0) is 0 Å². The number of hydrogen-bond acceptors (Lipinski definition) is 6. The Hall–Kier alpha value is -0.140. The summed E-state index contributed by atoms with van der Waals surface area (Å²) in [6.45, 7) is 0. The average Bonchev–Trinajstić information content (AvgIpc) is 2.12. The molecule has 0 rings (SSSR count). The second-order valence-corrected chi connectivity index (χ2v) is 2.72. The summed E-state index contributed by atoms with van der Waals surface area (Å²) in [6.07, 6.45) is -6.11. The Morgan fingerprint density at radius 2 is 1.67 bits per heavy atom. The molecule has 12 heavy (non-hydrogen) atoms. The first-order valence-corrected chi connectivity index (χ1v) is 3.96. The Morgan fingerprint density at radius 1 is 1.17 bits per heavy atom. The highest BCUT2D eigenvalue weighted by Crippen LogP contribution is 2.04. The van der Waals surface area contributed by atoms with Crippen molar-refractivity contribution in [1.82, 2.24) is 0 Å². The molecule has 0 aromatic carbocycles. The highest BCUT2D eigenvalue weighted by Gasteiger charge is 2.29. The normalized spacial score (nSPS) is 21.1. The van der Waals surface area contributed by atoms with Gasteiger partial charge in [-0.15, -0.1) is 0 Å². The van der Waals surface area contributed by atoms with E-state index >= 15 is 0 Å². The predicted molar refractivity (Wildman–Crippen MR) is 43.9 cm³/mol. The van der Waals surface area contributed by atoms with Crippen molar-refractivity contribution in [3.05, 3.63) is 0 Å². The smallest absolute Gasteiger partial charge is 0.151 e. The van der Waals surface area contributed by atoms with Gasteiger partial charge in [0.1, 0.15) is 18.3 Å². The molecule has 4 N–H and O–H groups in total. The van der Waals surface area contributed by atoms with Gasteiger partial charge in [0.05, 0.1) is 6.10 Å². The van der Waals surface area contributed by atoms with Gasteiger partial charge in [0.25, 0.3) is 0 Å². The van der Waals surface area contributed by atoms with Crippen LogP contribution in [0.5, 0.6) is 0 Å². The second-order valence-electron chi connectivity index (χ2n) is 2.36. The lowest BCUT2D eigenvalue weighted by Gasteiger charge is -2.22. The SMILES string of the molecule is O=C[C@H](O)[C@@H](O)[C@H](O)[C@H](O)CS. The van der Waals surface area contributed by atoms with E-state index in [-0.39, 0.29) is 12.0 Å². The third-order valence-electron chi connectivity index (χ3n) is 1.42. The minimum Gasteiger partial charge on any atom is -0.389 e. The topological polar surface area (TPSA) is 98.0 Å². The standard InChI is InChI=1S/C6H12O5S/c7-1-3(8)5(10)6(11)4(9)2-12/h1,3-6,8-12H,2H2/t3-,4+,5+,6+/m0/s1. The molecule has 0 radical (unpaired) electrons. The molecule has 0 amide bonds. The van der Waals surface area contributed by atoms with Gasteiger partial charge in [-0.2, -0.15) is 12.6 Å². The molecule has 0 aliphatic heterocycles. The van der Waals surface area contributed by atoms with Crippen molar-refractivity contribution in [1.29, 1.82) is 0 Å². The van der Waals surface area contributed by atoms with Crippen LogP contribution in [0.3, 0.4) is 0 Å². The van der Waals surface area contributed by atoms with Crippen LogP contribution in [-0.4, -0.2) is 56.9 Å². The molecule has 0 saturated heterocycles. The summed E-state index contributed by atoms with van der Waals surface area (Å²) in [5, 5.41) is 35.6. The predicted octanol–water partition coefficient (Wildman–Crippen LogP) is -2.44. The van der Waals surface area contributed by atoms with Crippen LogP contribution in [-0.2, 0) is 4.79 Å². The Labute approximate surface area is 75.1 Å². The van der Waals surface area contributed by atoms with E-state index in [2.05, 4.69) is 12.6 Å². The summed E-state index contributed by atoms with van der Waals surface area (Å²) >= 11 is 3.66. The molecular weight excluding hydrogens is 184 g/mol. The lowest BCUT2D eigenvalue weighted by atomic mass is 10.1. The van der Waals surface area contributed by atoms with Crippen LogP contribution in [0.1, 0.15) is 0 Å². The van der Waals surface area contributed by atoms with Gasteiger partial charge in [-0.25, -0.2) is 0 Å². The first-order chi connectivity index (χ1) is 5.54. The van der Waals surface area contributed by atoms with Gasteiger partial charge in [-0.3, -0.25) is 0 Å². The first-order valence-electron chi connectivity index (χ1n) is 3.33. The van der Waals surface area contributed by atoms with E-state index < -0.39 is 24.4 Å². The zero-order chi connectivity index (χ0) is 9.72. The number of carbonyl (C=O) groups excluding carboxylic acids is 1. The molecule has 4 atom stereocenters. The van der Waals surface area contributed by atoms with E-state index in [0.717, 1.165) is 0 Å². The number of rotatable bonds is 5. The monoisotopic (exact) mass is 196 g/mol. The summed E-state index contributed by atoms with van der Waals surface area (Å²) in [7, 11) is 0. The van der Waals surface area contributed by atoms with Gasteiger partial charge in [0.15, 0.2) is 6.29 Å². The Bertz CT molecular complexity index is 142. The molecule has 0 spiro atoms. The number of hydrogen-bond donors (Lipinski definition) is 5. The fraction of sp³-hybridized carbons (Fsp3) is 0.833. The molecule has 5 nitrogen and oxygen atoms in total. The maximum absolute atomic E-state index is 9.94. The van der Waals surface area contributed by atoms with Crippen molar-refractivity contribution in [2.75, 3.05) is 5.75 Å². The van der Waals surface area contributed by atoms with Crippen molar-refractivity contribution >= 4 is 18.9 Å². The summed E-state index contributed by atoms with van der Waals surface area (Å²) < 4.78 is 0. The maximum Gasteiger partial charge on any atom is 0.151 e. The summed E-state index contributed by atoms with van der Waals surface area (Å²) in [5.74, 6) is -0.0657. The number of aliphatic hydroxyl groups excluding tert-OH is 4. The minimum atomic E-state index is -1.69. The first kappa shape index (κ1) is 11.9. The van der Waals surface area contributed by atoms with Crippen molar-refractivity contribution in [2.24, 2.45) is 0 Å². The fourth-order valence-corrected chi connectivity index (χ4v) is 0.834. The quantitative estimate of drug-likeness (QED) is 0.248. The van der Waals surface area contributed by atoms with Crippen molar-refractivity contribution in [3.63, 3.8) is 0 Å². The van der Waals surface area contributed by atoms with E-state index in [1.165, 1.54) is 0 Å². The summed E-state index contributed by atoms with van der Waals surface area (Å²) in [6, 6.07) is 0. The molecule has 0 fully saturated rings. The molecule has 0 bridgehead atoms. The van der Waals surface area contributed by atoms with E-state index in [1.807, 2.05) is 0 Å². The van der Waals surface area contributed by atoms with Crippen LogP contribution in [0.25, 0.3) is 0 Å². The molecule has 72 valence electrons. The zero-order valence-electron chi connectivity index (χ0n) is 6.24. The van der Waals surface area contributed by atoms with Crippen molar-refractivity contribution in [3.8, 4) is 0 Å².